The average Bonchev–Trinajstić information content (AvgIpc) is 2.22. The van der Waals surface area contributed by atoms with E-state index in [0.717, 1.165) is 11.1 Å². The number of carbonyl (C=O) groups is 2. The zero-order chi connectivity index (χ0) is 13.0. The molecule has 17 heavy (non-hydrogen) atoms. The van der Waals surface area contributed by atoms with Crippen molar-refractivity contribution in [1.82, 2.24) is 0 Å². The molecule has 0 fully saturated rings. The van der Waals surface area contributed by atoms with Gasteiger partial charge < -0.3 is 10.4 Å². The van der Waals surface area contributed by atoms with E-state index in [0.29, 0.717) is 5.69 Å². The number of amides is 1. The summed E-state index contributed by atoms with van der Waals surface area (Å²) in [4.78, 5) is 22.6. The van der Waals surface area contributed by atoms with Crippen LogP contribution in [0.25, 0.3) is 0 Å². The maximum absolute atomic E-state index is 11.7. The lowest BCUT2D eigenvalue weighted by Crippen LogP contribution is -2.29. The molecular formula is C13H17NO3. The summed E-state index contributed by atoms with van der Waals surface area (Å²) in [7, 11) is 0. The van der Waals surface area contributed by atoms with Crippen molar-refractivity contribution in [2.45, 2.75) is 27.2 Å². The lowest BCUT2D eigenvalue weighted by Gasteiger charge is -2.12. The Labute approximate surface area is 101 Å². The summed E-state index contributed by atoms with van der Waals surface area (Å²) in [5, 5.41) is 11.5. The Bertz CT molecular complexity index is 440. The van der Waals surface area contributed by atoms with Gasteiger partial charge >= 0.3 is 5.97 Å². The molecule has 2 N–H and O–H groups in total. The van der Waals surface area contributed by atoms with Gasteiger partial charge in [-0.15, -0.1) is 0 Å². The summed E-state index contributed by atoms with van der Waals surface area (Å²) < 4.78 is 0. The molecule has 0 heterocycles. The lowest BCUT2D eigenvalue weighted by atomic mass is 10.1. The molecule has 0 saturated heterocycles. The Kier molecular flexibility index (Phi) is 4.26. The van der Waals surface area contributed by atoms with Crippen molar-refractivity contribution in [2.24, 2.45) is 5.92 Å². The van der Waals surface area contributed by atoms with Gasteiger partial charge in [0.1, 0.15) is 5.92 Å². The van der Waals surface area contributed by atoms with Gasteiger partial charge in [-0.05, 0) is 31.9 Å². The fraction of sp³-hybridized carbons (Fsp3) is 0.385. The van der Waals surface area contributed by atoms with Crippen LogP contribution in [0.15, 0.2) is 18.2 Å². The van der Waals surface area contributed by atoms with Crippen LogP contribution in [0.4, 0.5) is 5.69 Å². The van der Waals surface area contributed by atoms with Crippen LogP contribution in [0.3, 0.4) is 0 Å². The van der Waals surface area contributed by atoms with Crippen LogP contribution in [0.5, 0.6) is 0 Å². The number of hydrogen-bond donors (Lipinski definition) is 2. The molecule has 0 radical (unpaired) electrons. The van der Waals surface area contributed by atoms with E-state index in [4.69, 9.17) is 5.11 Å². The van der Waals surface area contributed by atoms with E-state index < -0.39 is 17.8 Å². The zero-order valence-electron chi connectivity index (χ0n) is 10.3. The van der Waals surface area contributed by atoms with Gasteiger partial charge in [0.2, 0.25) is 5.91 Å². The van der Waals surface area contributed by atoms with Crippen molar-refractivity contribution in [1.29, 1.82) is 0 Å². The van der Waals surface area contributed by atoms with E-state index in [1.807, 2.05) is 26.0 Å². The van der Waals surface area contributed by atoms with Gasteiger partial charge in [0.15, 0.2) is 0 Å². The van der Waals surface area contributed by atoms with Crippen LogP contribution in [-0.2, 0) is 9.59 Å². The van der Waals surface area contributed by atoms with Crippen LogP contribution in [0.1, 0.15) is 24.5 Å². The second-order valence-electron chi connectivity index (χ2n) is 4.11. The molecule has 0 aliphatic carbocycles. The van der Waals surface area contributed by atoms with Crippen LogP contribution in [0.2, 0.25) is 0 Å². The summed E-state index contributed by atoms with van der Waals surface area (Å²) in [6.07, 6.45) is 0.284. The number of anilines is 1. The fourth-order valence-corrected chi connectivity index (χ4v) is 1.65. The molecule has 1 amide bonds. The molecule has 4 nitrogen and oxygen atoms in total. The standard InChI is InChI=1S/C13H17NO3/c1-4-10(13(16)17)12(15)14-11-6-5-8(2)7-9(11)3/h5-7,10H,4H2,1-3H3,(H,14,15)(H,16,17). The number of hydrogen-bond acceptors (Lipinski definition) is 2. The largest absolute Gasteiger partial charge is 0.481 e. The highest BCUT2D eigenvalue weighted by Crippen LogP contribution is 2.17. The van der Waals surface area contributed by atoms with Crippen molar-refractivity contribution >= 4 is 17.6 Å². The maximum Gasteiger partial charge on any atom is 0.316 e. The van der Waals surface area contributed by atoms with Gasteiger partial charge in [-0.2, -0.15) is 0 Å². The Morgan fingerprint density at radius 1 is 1.35 bits per heavy atom. The molecule has 1 aromatic carbocycles. The molecular weight excluding hydrogens is 218 g/mol. The number of carbonyl (C=O) groups excluding carboxylic acids is 1. The Balaban J connectivity index is 2.84. The quantitative estimate of drug-likeness (QED) is 0.787. The number of carboxylic acid groups (broad SMARTS) is 1. The first-order chi connectivity index (χ1) is 7.95. The summed E-state index contributed by atoms with van der Waals surface area (Å²) in [5.74, 6) is -2.54. The van der Waals surface area contributed by atoms with Gasteiger partial charge in [-0.1, -0.05) is 24.6 Å². The van der Waals surface area contributed by atoms with Crippen molar-refractivity contribution in [3.05, 3.63) is 29.3 Å². The third-order valence-electron chi connectivity index (χ3n) is 2.66. The molecule has 1 rings (SSSR count). The SMILES string of the molecule is CCC(C(=O)O)C(=O)Nc1ccc(C)cc1C. The highest BCUT2D eigenvalue weighted by Gasteiger charge is 2.24. The maximum atomic E-state index is 11.7. The van der Waals surface area contributed by atoms with E-state index in [1.54, 1.807) is 13.0 Å². The number of aliphatic carboxylic acids is 1. The van der Waals surface area contributed by atoms with Crippen LogP contribution >= 0.6 is 0 Å². The number of carboxylic acids is 1. The molecule has 0 aliphatic heterocycles. The fourth-order valence-electron chi connectivity index (χ4n) is 1.65. The van der Waals surface area contributed by atoms with Gasteiger partial charge in [-0.25, -0.2) is 0 Å². The first-order valence-corrected chi connectivity index (χ1v) is 5.56. The minimum Gasteiger partial charge on any atom is -0.481 e. The van der Waals surface area contributed by atoms with E-state index in [2.05, 4.69) is 5.32 Å². The highest BCUT2D eigenvalue weighted by atomic mass is 16.4. The summed E-state index contributed by atoms with van der Waals surface area (Å²) in [5.41, 5.74) is 2.70. The predicted molar refractivity (Wildman–Crippen MR) is 66.0 cm³/mol. The molecule has 1 unspecified atom stereocenters. The molecule has 0 aliphatic rings. The van der Waals surface area contributed by atoms with Crippen LogP contribution < -0.4 is 5.32 Å². The second kappa shape index (κ2) is 5.48. The van der Waals surface area contributed by atoms with Crippen LogP contribution in [0, 0.1) is 19.8 Å². The topological polar surface area (TPSA) is 66.4 Å². The van der Waals surface area contributed by atoms with E-state index in [-0.39, 0.29) is 6.42 Å². The van der Waals surface area contributed by atoms with Gasteiger partial charge in [0.05, 0.1) is 0 Å². The molecule has 0 bridgehead atoms. The first kappa shape index (κ1) is 13.2. The van der Waals surface area contributed by atoms with Crippen LogP contribution in [-0.4, -0.2) is 17.0 Å². The Morgan fingerprint density at radius 2 is 2.00 bits per heavy atom. The molecule has 92 valence electrons. The molecule has 0 saturated carbocycles. The zero-order valence-corrected chi connectivity index (χ0v) is 10.3. The molecule has 1 atom stereocenters. The highest BCUT2D eigenvalue weighted by molar-refractivity contribution is 6.04. The number of aryl methyl sites for hydroxylation is 2. The van der Waals surface area contributed by atoms with Crippen molar-refractivity contribution in [2.75, 3.05) is 5.32 Å². The lowest BCUT2D eigenvalue weighted by molar-refractivity contribution is -0.145. The third kappa shape index (κ3) is 3.31. The first-order valence-electron chi connectivity index (χ1n) is 5.56. The average molecular weight is 235 g/mol. The molecule has 0 spiro atoms. The second-order valence-corrected chi connectivity index (χ2v) is 4.11. The van der Waals surface area contributed by atoms with Crippen molar-refractivity contribution < 1.29 is 14.7 Å². The molecule has 4 heteroatoms. The summed E-state index contributed by atoms with van der Waals surface area (Å²) in [6.45, 7) is 5.52. The van der Waals surface area contributed by atoms with Crippen molar-refractivity contribution in [3.63, 3.8) is 0 Å². The van der Waals surface area contributed by atoms with E-state index in [9.17, 15) is 9.59 Å². The number of benzene rings is 1. The van der Waals surface area contributed by atoms with Crippen molar-refractivity contribution in [3.8, 4) is 0 Å². The summed E-state index contributed by atoms with van der Waals surface area (Å²) in [6, 6.07) is 5.61. The third-order valence-corrected chi connectivity index (χ3v) is 2.66. The van der Waals surface area contributed by atoms with Gasteiger partial charge in [0.25, 0.3) is 0 Å². The smallest absolute Gasteiger partial charge is 0.316 e. The van der Waals surface area contributed by atoms with E-state index in [1.165, 1.54) is 0 Å². The predicted octanol–water partition coefficient (Wildman–Crippen LogP) is 2.35. The minimum atomic E-state index is -1.09. The number of rotatable bonds is 4. The minimum absolute atomic E-state index is 0.284. The monoisotopic (exact) mass is 235 g/mol. The number of nitrogens with one attached hydrogen (secondary N) is 1. The van der Waals surface area contributed by atoms with Gasteiger partial charge in [0, 0.05) is 5.69 Å². The van der Waals surface area contributed by atoms with E-state index >= 15 is 0 Å². The molecule has 1 aromatic rings. The normalized spacial score (nSPS) is 11.9. The summed E-state index contributed by atoms with van der Waals surface area (Å²) >= 11 is 0. The van der Waals surface area contributed by atoms with Gasteiger partial charge in [-0.3, -0.25) is 9.59 Å². The Morgan fingerprint density at radius 3 is 2.47 bits per heavy atom. The molecule has 0 aromatic heterocycles. The Hall–Kier alpha value is -1.84.